The Bertz CT molecular complexity index is 357. The summed E-state index contributed by atoms with van der Waals surface area (Å²) >= 11 is 0. The summed E-state index contributed by atoms with van der Waals surface area (Å²) in [4.78, 5) is 35.2. The van der Waals surface area contributed by atoms with E-state index >= 15 is 0 Å². The number of carbonyl (C=O) groups is 3. The number of urea groups is 1. The monoisotopic (exact) mass is 271 g/mol. The number of hydrogen-bond donors (Lipinski definition) is 3. The summed E-state index contributed by atoms with van der Waals surface area (Å²) in [5.41, 5.74) is 0. The Kier molecular flexibility index (Phi) is 5.59. The van der Waals surface area contributed by atoms with Crippen molar-refractivity contribution in [2.24, 2.45) is 11.8 Å². The lowest BCUT2D eigenvalue weighted by atomic mass is 10.0. The first-order valence-electron chi connectivity index (χ1n) is 6.37. The van der Waals surface area contributed by atoms with E-state index in [4.69, 9.17) is 5.11 Å². The minimum atomic E-state index is -0.825. The lowest BCUT2D eigenvalue weighted by Gasteiger charge is -2.13. The van der Waals surface area contributed by atoms with Gasteiger partial charge in [-0.2, -0.15) is 0 Å². The number of carboxylic acids is 1. The van der Waals surface area contributed by atoms with Crippen molar-refractivity contribution in [2.45, 2.75) is 19.3 Å². The van der Waals surface area contributed by atoms with Crippen LogP contribution in [0, 0.1) is 11.8 Å². The van der Waals surface area contributed by atoms with Gasteiger partial charge in [-0.05, 0) is 19.3 Å². The molecule has 1 rings (SSSR count). The molecule has 108 valence electrons. The highest BCUT2D eigenvalue weighted by Crippen LogP contribution is 2.30. The molecule has 0 aromatic rings. The molecule has 0 aromatic heterocycles. The highest BCUT2D eigenvalue weighted by Gasteiger charge is 2.33. The van der Waals surface area contributed by atoms with Crippen LogP contribution in [0.4, 0.5) is 4.79 Å². The lowest BCUT2D eigenvalue weighted by Crippen LogP contribution is -2.40. The van der Waals surface area contributed by atoms with Gasteiger partial charge in [0.15, 0.2) is 0 Å². The SMILES string of the molecule is CN(C)C(=O)NCCNC(=O)[C@@H]1CC[C@H](C(=O)O)C1. The Morgan fingerprint density at radius 2 is 1.68 bits per heavy atom. The number of carbonyl (C=O) groups excluding carboxylic acids is 2. The van der Waals surface area contributed by atoms with Gasteiger partial charge in [-0.25, -0.2) is 4.79 Å². The van der Waals surface area contributed by atoms with Crippen LogP contribution in [0.3, 0.4) is 0 Å². The minimum Gasteiger partial charge on any atom is -0.481 e. The summed E-state index contributed by atoms with van der Waals surface area (Å²) in [5.74, 6) is -1.56. The van der Waals surface area contributed by atoms with Crippen molar-refractivity contribution in [3.8, 4) is 0 Å². The molecule has 0 unspecified atom stereocenters. The Morgan fingerprint density at radius 3 is 2.21 bits per heavy atom. The van der Waals surface area contributed by atoms with Crippen molar-refractivity contribution in [3.63, 3.8) is 0 Å². The van der Waals surface area contributed by atoms with Gasteiger partial charge in [0.1, 0.15) is 0 Å². The summed E-state index contributed by atoms with van der Waals surface area (Å²) in [6.45, 7) is 0.713. The highest BCUT2D eigenvalue weighted by atomic mass is 16.4. The summed E-state index contributed by atoms with van der Waals surface area (Å²) in [6.07, 6.45) is 1.59. The summed E-state index contributed by atoms with van der Waals surface area (Å²) in [6, 6.07) is -0.207. The molecule has 1 aliphatic carbocycles. The van der Waals surface area contributed by atoms with Gasteiger partial charge in [-0.15, -0.1) is 0 Å². The molecule has 19 heavy (non-hydrogen) atoms. The normalized spacial score (nSPS) is 21.8. The molecule has 0 heterocycles. The summed E-state index contributed by atoms with van der Waals surface area (Å²) in [5, 5.41) is 14.2. The largest absolute Gasteiger partial charge is 0.481 e. The Morgan fingerprint density at radius 1 is 1.11 bits per heavy atom. The van der Waals surface area contributed by atoms with E-state index in [0.717, 1.165) is 0 Å². The highest BCUT2D eigenvalue weighted by molar-refractivity contribution is 5.81. The first-order chi connectivity index (χ1) is 8.91. The van der Waals surface area contributed by atoms with E-state index in [0.29, 0.717) is 32.4 Å². The lowest BCUT2D eigenvalue weighted by molar-refractivity contribution is -0.141. The molecule has 0 spiro atoms. The Labute approximate surface area is 112 Å². The molecule has 7 heteroatoms. The predicted octanol–water partition coefficient (Wildman–Crippen LogP) is -0.125. The maximum absolute atomic E-state index is 11.8. The first kappa shape index (κ1) is 15.3. The van der Waals surface area contributed by atoms with Crippen molar-refractivity contribution >= 4 is 17.9 Å². The zero-order valence-electron chi connectivity index (χ0n) is 11.3. The van der Waals surface area contributed by atoms with E-state index in [9.17, 15) is 14.4 Å². The molecule has 0 radical (unpaired) electrons. The fourth-order valence-corrected chi connectivity index (χ4v) is 2.10. The van der Waals surface area contributed by atoms with Crippen LogP contribution in [0.5, 0.6) is 0 Å². The third-order valence-corrected chi connectivity index (χ3v) is 3.26. The molecule has 3 amide bonds. The van der Waals surface area contributed by atoms with E-state index in [-0.39, 0.29) is 17.9 Å². The second kappa shape index (κ2) is 6.96. The zero-order chi connectivity index (χ0) is 14.4. The van der Waals surface area contributed by atoms with Crippen LogP contribution in [0.1, 0.15) is 19.3 Å². The molecule has 0 aromatic carbocycles. The van der Waals surface area contributed by atoms with E-state index in [1.165, 1.54) is 4.90 Å². The minimum absolute atomic E-state index is 0.122. The van der Waals surface area contributed by atoms with E-state index in [2.05, 4.69) is 10.6 Å². The van der Waals surface area contributed by atoms with Gasteiger partial charge < -0.3 is 20.6 Å². The number of rotatable bonds is 5. The van der Waals surface area contributed by atoms with Crippen molar-refractivity contribution in [1.29, 1.82) is 0 Å². The van der Waals surface area contributed by atoms with Crippen LogP contribution in [0.25, 0.3) is 0 Å². The van der Waals surface area contributed by atoms with Gasteiger partial charge in [-0.3, -0.25) is 9.59 Å². The molecule has 1 fully saturated rings. The van der Waals surface area contributed by atoms with Crippen molar-refractivity contribution in [2.75, 3.05) is 27.2 Å². The molecule has 1 saturated carbocycles. The molecule has 1 aliphatic rings. The maximum Gasteiger partial charge on any atom is 0.316 e. The molecular weight excluding hydrogens is 250 g/mol. The third kappa shape index (κ3) is 4.76. The predicted molar refractivity (Wildman–Crippen MR) is 68.6 cm³/mol. The van der Waals surface area contributed by atoms with Gasteiger partial charge in [0, 0.05) is 33.1 Å². The average molecular weight is 271 g/mol. The van der Waals surface area contributed by atoms with Gasteiger partial charge in [0.05, 0.1) is 5.92 Å². The molecular formula is C12H21N3O4. The number of carboxylic acid groups (broad SMARTS) is 1. The van der Waals surface area contributed by atoms with E-state index in [1.54, 1.807) is 14.1 Å². The summed E-state index contributed by atoms with van der Waals surface area (Å²) < 4.78 is 0. The van der Waals surface area contributed by atoms with Gasteiger partial charge in [0.2, 0.25) is 5.91 Å². The van der Waals surface area contributed by atoms with Crippen LogP contribution in [-0.2, 0) is 9.59 Å². The van der Waals surface area contributed by atoms with Crippen molar-refractivity contribution < 1.29 is 19.5 Å². The van der Waals surface area contributed by atoms with Crippen LogP contribution in [0.15, 0.2) is 0 Å². The Balaban J connectivity index is 2.19. The second-order valence-electron chi connectivity index (χ2n) is 4.96. The number of amides is 3. The average Bonchev–Trinajstić information content (AvgIpc) is 2.83. The van der Waals surface area contributed by atoms with Crippen molar-refractivity contribution in [3.05, 3.63) is 0 Å². The number of nitrogens with zero attached hydrogens (tertiary/aromatic N) is 1. The van der Waals surface area contributed by atoms with E-state index < -0.39 is 11.9 Å². The topological polar surface area (TPSA) is 98.7 Å². The number of hydrogen-bond acceptors (Lipinski definition) is 3. The van der Waals surface area contributed by atoms with Gasteiger partial charge in [0.25, 0.3) is 0 Å². The molecule has 2 atom stereocenters. The van der Waals surface area contributed by atoms with Gasteiger partial charge in [-0.1, -0.05) is 0 Å². The third-order valence-electron chi connectivity index (χ3n) is 3.26. The Hall–Kier alpha value is -1.79. The fraction of sp³-hybridized carbons (Fsp3) is 0.750. The first-order valence-corrected chi connectivity index (χ1v) is 6.37. The molecule has 0 saturated heterocycles. The second-order valence-corrected chi connectivity index (χ2v) is 4.96. The van der Waals surface area contributed by atoms with Crippen LogP contribution in [-0.4, -0.2) is 55.1 Å². The zero-order valence-corrected chi connectivity index (χ0v) is 11.3. The molecule has 0 bridgehead atoms. The standard InChI is InChI=1S/C12H21N3O4/c1-15(2)12(19)14-6-5-13-10(16)8-3-4-9(7-8)11(17)18/h8-9H,3-7H2,1-2H3,(H,13,16)(H,14,19)(H,17,18)/t8-,9+/m1/s1. The molecule has 3 N–H and O–H groups in total. The van der Waals surface area contributed by atoms with Crippen LogP contribution in [0.2, 0.25) is 0 Å². The molecule has 0 aliphatic heterocycles. The maximum atomic E-state index is 11.8. The number of aliphatic carboxylic acids is 1. The fourth-order valence-electron chi connectivity index (χ4n) is 2.10. The van der Waals surface area contributed by atoms with Crippen LogP contribution >= 0.6 is 0 Å². The smallest absolute Gasteiger partial charge is 0.316 e. The quantitative estimate of drug-likeness (QED) is 0.607. The van der Waals surface area contributed by atoms with E-state index in [1.807, 2.05) is 0 Å². The van der Waals surface area contributed by atoms with Gasteiger partial charge >= 0.3 is 12.0 Å². The number of nitrogens with one attached hydrogen (secondary N) is 2. The summed E-state index contributed by atoms with van der Waals surface area (Å²) in [7, 11) is 3.27. The van der Waals surface area contributed by atoms with Crippen LogP contribution < -0.4 is 10.6 Å². The molecule has 7 nitrogen and oxygen atoms in total. The van der Waals surface area contributed by atoms with Crippen molar-refractivity contribution in [1.82, 2.24) is 15.5 Å².